The molecule has 1 heterocycles. The second kappa shape index (κ2) is 4.30. The van der Waals surface area contributed by atoms with Gasteiger partial charge in [-0.3, -0.25) is 0 Å². The monoisotopic (exact) mass is 263 g/mol. The molecule has 98 valence electrons. The predicted molar refractivity (Wildman–Crippen MR) is 67.6 cm³/mol. The van der Waals surface area contributed by atoms with E-state index in [0.29, 0.717) is 12.0 Å². The molecule has 1 aliphatic rings. The summed E-state index contributed by atoms with van der Waals surface area (Å²) in [5, 5.41) is 3.21. The average molecular weight is 263 g/mol. The Kier molecular flexibility index (Phi) is 2.73. The van der Waals surface area contributed by atoms with Gasteiger partial charge in [-0.05, 0) is 48.2 Å². The van der Waals surface area contributed by atoms with Crippen LogP contribution in [0, 0.1) is 24.4 Å². The standard InChI is InChI=1S/C15H12F3N/c1-8-3-2-4-13-10(8)7-14(19-13)9-5-11(16)15(18)12(17)6-9/h2-6,14,19H,7H2,1H3. The van der Waals surface area contributed by atoms with Crippen LogP contribution in [-0.2, 0) is 6.42 Å². The number of anilines is 1. The van der Waals surface area contributed by atoms with Crippen molar-refractivity contribution in [2.24, 2.45) is 0 Å². The minimum Gasteiger partial charge on any atom is -0.378 e. The number of halogens is 3. The van der Waals surface area contributed by atoms with Crippen molar-refractivity contribution >= 4 is 5.69 Å². The second-order valence-electron chi connectivity index (χ2n) is 4.80. The molecular formula is C15H12F3N. The molecule has 2 aromatic rings. The molecule has 1 unspecified atom stereocenters. The Labute approximate surface area is 109 Å². The lowest BCUT2D eigenvalue weighted by Gasteiger charge is -2.12. The molecule has 3 rings (SSSR count). The fourth-order valence-corrected chi connectivity index (χ4v) is 2.53. The third-order valence-corrected chi connectivity index (χ3v) is 3.56. The van der Waals surface area contributed by atoms with E-state index in [1.807, 2.05) is 25.1 Å². The van der Waals surface area contributed by atoms with Crippen molar-refractivity contribution in [2.75, 3.05) is 5.32 Å². The van der Waals surface area contributed by atoms with E-state index < -0.39 is 17.5 Å². The zero-order valence-corrected chi connectivity index (χ0v) is 10.3. The molecule has 0 fully saturated rings. The van der Waals surface area contributed by atoms with Gasteiger partial charge in [0.2, 0.25) is 0 Å². The molecule has 0 aliphatic carbocycles. The van der Waals surface area contributed by atoms with E-state index in [9.17, 15) is 13.2 Å². The van der Waals surface area contributed by atoms with E-state index in [2.05, 4.69) is 5.32 Å². The fraction of sp³-hybridized carbons (Fsp3) is 0.200. The number of aryl methyl sites for hydroxylation is 1. The summed E-state index contributed by atoms with van der Waals surface area (Å²) in [5.74, 6) is -3.72. The van der Waals surface area contributed by atoms with E-state index >= 15 is 0 Å². The van der Waals surface area contributed by atoms with Gasteiger partial charge in [-0.15, -0.1) is 0 Å². The van der Waals surface area contributed by atoms with Gasteiger partial charge in [0.25, 0.3) is 0 Å². The lowest BCUT2D eigenvalue weighted by molar-refractivity contribution is 0.444. The van der Waals surface area contributed by atoms with Crippen LogP contribution in [0.15, 0.2) is 30.3 Å². The first-order valence-corrected chi connectivity index (χ1v) is 6.05. The summed E-state index contributed by atoms with van der Waals surface area (Å²) in [6, 6.07) is 7.73. The van der Waals surface area contributed by atoms with Crippen molar-refractivity contribution in [1.29, 1.82) is 0 Å². The van der Waals surface area contributed by atoms with Crippen LogP contribution in [0.1, 0.15) is 22.7 Å². The normalized spacial score (nSPS) is 17.2. The molecule has 0 aromatic heterocycles. The number of benzene rings is 2. The van der Waals surface area contributed by atoms with E-state index in [1.54, 1.807) is 0 Å². The topological polar surface area (TPSA) is 12.0 Å². The van der Waals surface area contributed by atoms with Gasteiger partial charge in [0, 0.05) is 5.69 Å². The van der Waals surface area contributed by atoms with Crippen LogP contribution in [-0.4, -0.2) is 0 Å². The third-order valence-electron chi connectivity index (χ3n) is 3.56. The molecule has 4 heteroatoms. The lowest BCUT2D eigenvalue weighted by atomic mass is 10.00. The van der Waals surface area contributed by atoms with E-state index in [0.717, 1.165) is 28.9 Å². The molecule has 0 amide bonds. The summed E-state index contributed by atoms with van der Waals surface area (Å²) in [5.41, 5.74) is 3.66. The number of fused-ring (bicyclic) bond motifs is 1. The maximum atomic E-state index is 13.3. The molecular weight excluding hydrogens is 251 g/mol. The molecule has 0 bridgehead atoms. The van der Waals surface area contributed by atoms with Gasteiger partial charge in [-0.2, -0.15) is 0 Å². The first-order valence-electron chi connectivity index (χ1n) is 6.05. The smallest absolute Gasteiger partial charge is 0.194 e. The minimum absolute atomic E-state index is 0.222. The van der Waals surface area contributed by atoms with Crippen LogP contribution < -0.4 is 5.32 Å². The van der Waals surface area contributed by atoms with Crippen LogP contribution in [0.5, 0.6) is 0 Å². The van der Waals surface area contributed by atoms with Crippen LogP contribution in [0.4, 0.5) is 18.9 Å². The lowest BCUT2D eigenvalue weighted by Crippen LogP contribution is -2.07. The van der Waals surface area contributed by atoms with Crippen LogP contribution in [0.3, 0.4) is 0 Å². The van der Waals surface area contributed by atoms with Crippen LogP contribution in [0.2, 0.25) is 0 Å². The molecule has 0 spiro atoms. The maximum absolute atomic E-state index is 13.3. The predicted octanol–water partition coefficient (Wildman–Crippen LogP) is 4.12. The van der Waals surface area contributed by atoms with E-state index in [4.69, 9.17) is 0 Å². The first-order chi connectivity index (χ1) is 9.06. The van der Waals surface area contributed by atoms with Crippen molar-refractivity contribution < 1.29 is 13.2 Å². The zero-order chi connectivity index (χ0) is 13.6. The molecule has 1 nitrogen and oxygen atoms in total. The fourth-order valence-electron chi connectivity index (χ4n) is 2.53. The Morgan fingerprint density at radius 2 is 1.79 bits per heavy atom. The Bertz CT molecular complexity index is 629. The number of hydrogen-bond donors (Lipinski definition) is 1. The molecule has 0 radical (unpaired) electrons. The second-order valence-corrected chi connectivity index (χ2v) is 4.80. The molecule has 1 N–H and O–H groups in total. The average Bonchev–Trinajstić information content (AvgIpc) is 2.81. The molecule has 0 saturated heterocycles. The third kappa shape index (κ3) is 1.97. The van der Waals surface area contributed by atoms with Crippen molar-refractivity contribution in [3.8, 4) is 0 Å². The minimum atomic E-state index is -1.42. The summed E-state index contributed by atoms with van der Waals surface area (Å²) in [6.07, 6.45) is 0.645. The van der Waals surface area contributed by atoms with Gasteiger partial charge in [0.15, 0.2) is 17.5 Å². The van der Waals surface area contributed by atoms with E-state index in [-0.39, 0.29) is 6.04 Å². The summed E-state index contributed by atoms with van der Waals surface area (Å²) >= 11 is 0. The van der Waals surface area contributed by atoms with Gasteiger partial charge in [-0.25, -0.2) is 13.2 Å². The van der Waals surface area contributed by atoms with Crippen molar-refractivity contribution in [1.82, 2.24) is 0 Å². The van der Waals surface area contributed by atoms with Crippen LogP contribution >= 0.6 is 0 Å². The Hall–Kier alpha value is -1.97. The number of hydrogen-bond acceptors (Lipinski definition) is 1. The van der Waals surface area contributed by atoms with Gasteiger partial charge in [0.1, 0.15) is 0 Å². The van der Waals surface area contributed by atoms with Gasteiger partial charge in [0.05, 0.1) is 6.04 Å². The molecule has 19 heavy (non-hydrogen) atoms. The highest BCUT2D eigenvalue weighted by Gasteiger charge is 2.25. The summed E-state index contributed by atoms with van der Waals surface area (Å²) in [6.45, 7) is 1.99. The molecule has 1 aliphatic heterocycles. The Morgan fingerprint density at radius 1 is 1.11 bits per heavy atom. The Morgan fingerprint density at radius 3 is 2.42 bits per heavy atom. The summed E-state index contributed by atoms with van der Waals surface area (Å²) in [4.78, 5) is 0. The quantitative estimate of drug-likeness (QED) is 0.763. The van der Waals surface area contributed by atoms with Crippen molar-refractivity contribution in [2.45, 2.75) is 19.4 Å². The highest BCUT2D eigenvalue weighted by Crippen LogP contribution is 2.36. The number of rotatable bonds is 1. The van der Waals surface area contributed by atoms with Gasteiger partial charge < -0.3 is 5.32 Å². The van der Waals surface area contributed by atoms with Crippen LogP contribution in [0.25, 0.3) is 0 Å². The van der Waals surface area contributed by atoms with Crippen molar-refractivity contribution in [3.63, 3.8) is 0 Å². The Balaban J connectivity index is 1.97. The first kappa shape index (κ1) is 12.1. The van der Waals surface area contributed by atoms with E-state index in [1.165, 1.54) is 0 Å². The highest BCUT2D eigenvalue weighted by molar-refractivity contribution is 5.60. The summed E-state index contributed by atoms with van der Waals surface area (Å²) in [7, 11) is 0. The maximum Gasteiger partial charge on any atom is 0.194 e. The summed E-state index contributed by atoms with van der Waals surface area (Å²) < 4.78 is 39.5. The zero-order valence-electron chi connectivity index (χ0n) is 10.3. The highest BCUT2D eigenvalue weighted by atomic mass is 19.2. The SMILES string of the molecule is Cc1cccc2c1CC(c1cc(F)c(F)c(F)c1)N2. The van der Waals surface area contributed by atoms with Crippen molar-refractivity contribution in [3.05, 3.63) is 64.5 Å². The molecule has 0 saturated carbocycles. The molecule has 1 atom stereocenters. The van der Waals surface area contributed by atoms with Gasteiger partial charge >= 0.3 is 0 Å². The number of nitrogens with one attached hydrogen (secondary N) is 1. The van der Waals surface area contributed by atoms with Gasteiger partial charge in [-0.1, -0.05) is 12.1 Å². The molecule has 2 aromatic carbocycles. The largest absolute Gasteiger partial charge is 0.378 e.